The van der Waals surface area contributed by atoms with E-state index in [1.54, 1.807) is 0 Å². The summed E-state index contributed by atoms with van der Waals surface area (Å²) in [7, 11) is 0. The zero-order chi connectivity index (χ0) is 26.0. The number of rotatable bonds is 12. The van der Waals surface area contributed by atoms with E-state index < -0.39 is 0 Å². The van der Waals surface area contributed by atoms with Crippen molar-refractivity contribution in [1.82, 2.24) is 15.2 Å². The zero-order valence-corrected chi connectivity index (χ0v) is 22.7. The Hall–Kier alpha value is -3.35. The molecule has 0 aliphatic carbocycles. The van der Waals surface area contributed by atoms with Crippen LogP contribution in [0.4, 0.5) is 5.69 Å². The summed E-state index contributed by atoms with van der Waals surface area (Å²) in [5.74, 6) is 0.482. The number of nitrogens with zero attached hydrogens (tertiary/aromatic N) is 2. The van der Waals surface area contributed by atoms with Crippen LogP contribution in [-0.2, 0) is 6.54 Å². The Bertz CT molecular complexity index is 1300. The number of para-hydroxylation sites is 1. The van der Waals surface area contributed by atoms with Crippen LogP contribution in [0.5, 0.6) is 0 Å². The van der Waals surface area contributed by atoms with E-state index in [0.717, 1.165) is 47.5 Å². The van der Waals surface area contributed by atoms with Gasteiger partial charge in [-0.2, -0.15) is 0 Å². The average molecular weight is 513 g/mol. The zero-order valence-electron chi connectivity index (χ0n) is 21.9. The summed E-state index contributed by atoms with van der Waals surface area (Å²) in [6.07, 6.45) is 2.73. The number of anilines is 1. The molecule has 2 N–H and O–H groups in total. The van der Waals surface area contributed by atoms with Crippen LogP contribution < -0.4 is 10.0 Å². The van der Waals surface area contributed by atoms with Gasteiger partial charge in [-0.3, -0.25) is 14.7 Å². The Balaban J connectivity index is 1.23. The highest BCUT2D eigenvalue weighted by Gasteiger charge is 2.11. The molecular formula is C31H36N4OS. The van der Waals surface area contributed by atoms with Crippen molar-refractivity contribution >= 4 is 34.4 Å². The molecular weight excluding hydrogens is 476 g/mol. The molecule has 192 valence electrons. The molecule has 0 saturated heterocycles. The average Bonchev–Trinajstić information content (AvgIpc) is 2.93. The second-order valence-corrected chi connectivity index (χ2v) is 10.3. The normalized spacial score (nSPS) is 11.3. The summed E-state index contributed by atoms with van der Waals surface area (Å²) >= 11 is 1.52. The topological polar surface area (TPSA) is 57.3 Å². The number of carbonyl (C=O) groups excluding carboxylic acids is 1. The highest BCUT2D eigenvalue weighted by Crippen LogP contribution is 2.27. The first-order valence-corrected chi connectivity index (χ1v) is 13.8. The van der Waals surface area contributed by atoms with Gasteiger partial charge in [0, 0.05) is 42.5 Å². The summed E-state index contributed by atoms with van der Waals surface area (Å²) < 4.78 is 3.36. The second kappa shape index (κ2) is 13.3. The first-order valence-electron chi connectivity index (χ1n) is 13.0. The Morgan fingerprint density at radius 2 is 1.76 bits per heavy atom. The van der Waals surface area contributed by atoms with Crippen LogP contribution in [0.15, 0.2) is 90.0 Å². The molecule has 0 fully saturated rings. The third-order valence-electron chi connectivity index (χ3n) is 6.48. The van der Waals surface area contributed by atoms with E-state index in [2.05, 4.69) is 83.2 Å². The van der Waals surface area contributed by atoms with E-state index >= 15 is 0 Å². The van der Waals surface area contributed by atoms with E-state index in [0.29, 0.717) is 18.0 Å². The minimum absolute atomic E-state index is 0.0364. The van der Waals surface area contributed by atoms with Gasteiger partial charge >= 0.3 is 0 Å². The summed E-state index contributed by atoms with van der Waals surface area (Å²) in [4.78, 5) is 20.7. The number of benzene rings is 3. The molecule has 1 aromatic heterocycles. The lowest BCUT2D eigenvalue weighted by atomic mass is 9.97. The molecule has 3 aromatic carbocycles. The van der Waals surface area contributed by atoms with Crippen molar-refractivity contribution in [1.29, 1.82) is 0 Å². The lowest BCUT2D eigenvalue weighted by Crippen LogP contribution is -2.30. The fourth-order valence-corrected chi connectivity index (χ4v) is 5.18. The van der Waals surface area contributed by atoms with Gasteiger partial charge < -0.3 is 10.0 Å². The smallest absolute Gasteiger partial charge is 0.251 e. The molecule has 0 aliphatic rings. The summed E-state index contributed by atoms with van der Waals surface area (Å²) in [5.41, 5.74) is 5.39. The van der Waals surface area contributed by atoms with Crippen LogP contribution in [-0.4, -0.2) is 35.4 Å². The number of carbonyl (C=O) groups is 1. The van der Waals surface area contributed by atoms with Gasteiger partial charge in [-0.05, 0) is 78.4 Å². The molecule has 0 unspecified atom stereocenters. The predicted molar refractivity (Wildman–Crippen MR) is 156 cm³/mol. The Kier molecular flexibility index (Phi) is 9.58. The Labute approximate surface area is 224 Å². The predicted octanol–water partition coefficient (Wildman–Crippen LogP) is 7.12. The molecule has 4 aromatic rings. The fourth-order valence-electron chi connectivity index (χ4n) is 4.40. The molecule has 0 saturated carbocycles. The largest absolute Gasteiger partial charge is 0.352 e. The SMILES string of the molecule is CCN(CCCNC(=O)c1ccc(NSc2cccc3cccnc23)cc1)Cc1ccccc1C(C)C. The molecule has 0 bridgehead atoms. The van der Waals surface area contributed by atoms with E-state index in [-0.39, 0.29) is 5.91 Å². The van der Waals surface area contributed by atoms with E-state index in [1.165, 1.54) is 23.1 Å². The van der Waals surface area contributed by atoms with Crippen LogP contribution in [0.25, 0.3) is 10.9 Å². The maximum absolute atomic E-state index is 12.6. The number of nitrogens with one attached hydrogen (secondary N) is 2. The first-order chi connectivity index (χ1) is 18.0. The van der Waals surface area contributed by atoms with Gasteiger partial charge in [0.15, 0.2) is 0 Å². The number of aromatic nitrogens is 1. The number of hydrogen-bond donors (Lipinski definition) is 2. The molecule has 37 heavy (non-hydrogen) atoms. The minimum atomic E-state index is -0.0364. The molecule has 5 nitrogen and oxygen atoms in total. The van der Waals surface area contributed by atoms with Crippen molar-refractivity contribution < 1.29 is 4.79 Å². The van der Waals surface area contributed by atoms with Gasteiger partial charge in [-0.1, -0.05) is 63.2 Å². The molecule has 0 aliphatic heterocycles. The molecule has 1 heterocycles. The highest BCUT2D eigenvalue weighted by atomic mass is 32.2. The second-order valence-electron chi connectivity index (χ2n) is 9.44. The van der Waals surface area contributed by atoms with Crippen molar-refractivity contribution in [3.8, 4) is 0 Å². The van der Waals surface area contributed by atoms with Crippen molar-refractivity contribution in [2.45, 2.75) is 44.6 Å². The maximum Gasteiger partial charge on any atom is 0.251 e. The number of fused-ring (bicyclic) bond motifs is 1. The van der Waals surface area contributed by atoms with Crippen molar-refractivity contribution in [3.05, 3.63) is 102 Å². The van der Waals surface area contributed by atoms with Gasteiger partial charge in [0.2, 0.25) is 0 Å². The fraction of sp³-hybridized carbons (Fsp3) is 0.290. The van der Waals surface area contributed by atoms with Crippen LogP contribution >= 0.6 is 11.9 Å². The summed E-state index contributed by atoms with van der Waals surface area (Å²) in [5, 5.41) is 4.18. The van der Waals surface area contributed by atoms with Crippen molar-refractivity contribution in [2.24, 2.45) is 0 Å². The molecule has 0 spiro atoms. The van der Waals surface area contributed by atoms with Crippen LogP contribution in [0.3, 0.4) is 0 Å². The molecule has 4 rings (SSSR count). The van der Waals surface area contributed by atoms with E-state index in [9.17, 15) is 4.79 Å². The van der Waals surface area contributed by atoms with Gasteiger partial charge in [0.25, 0.3) is 5.91 Å². The maximum atomic E-state index is 12.6. The quantitative estimate of drug-likeness (QED) is 0.156. The third-order valence-corrected chi connectivity index (χ3v) is 7.36. The summed E-state index contributed by atoms with van der Waals surface area (Å²) in [6.45, 7) is 10.2. The first kappa shape index (κ1) is 26.7. The molecule has 1 amide bonds. The summed E-state index contributed by atoms with van der Waals surface area (Å²) in [6, 6.07) is 26.5. The molecule has 0 atom stereocenters. The lowest BCUT2D eigenvalue weighted by Gasteiger charge is -2.23. The van der Waals surface area contributed by atoms with E-state index in [1.807, 2.05) is 42.6 Å². The van der Waals surface area contributed by atoms with Crippen LogP contribution in [0.2, 0.25) is 0 Å². The number of hydrogen-bond acceptors (Lipinski definition) is 5. The number of pyridine rings is 1. The van der Waals surface area contributed by atoms with Crippen LogP contribution in [0.1, 0.15) is 54.6 Å². The number of amides is 1. The van der Waals surface area contributed by atoms with Gasteiger partial charge in [0.1, 0.15) is 0 Å². The third kappa shape index (κ3) is 7.34. The minimum Gasteiger partial charge on any atom is -0.352 e. The van der Waals surface area contributed by atoms with Crippen molar-refractivity contribution in [3.63, 3.8) is 0 Å². The van der Waals surface area contributed by atoms with Crippen LogP contribution in [0, 0.1) is 0 Å². The van der Waals surface area contributed by atoms with Gasteiger partial charge in [-0.25, -0.2) is 0 Å². The Morgan fingerprint density at radius 3 is 2.54 bits per heavy atom. The van der Waals surface area contributed by atoms with Crippen molar-refractivity contribution in [2.75, 3.05) is 24.4 Å². The standard InChI is InChI=1S/C31H36N4OS/c1-4-35(22-26-10-5-6-13-28(26)23(2)3)21-9-20-33-31(36)25-15-17-27(18-16-25)34-37-29-14-7-11-24-12-8-19-32-30(24)29/h5-8,10-19,23,34H,4,9,20-22H2,1-3H3,(H,33,36). The molecule has 6 heteroatoms. The molecule has 0 radical (unpaired) electrons. The monoisotopic (exact) mass is 512 g/mol. The lowest BCUT2D eigenvalue weighted by molar-refractivity contribution is 0.0951. The Morgan fingerprint density at radius 1 is 0.973 bits per heavy atom. The van der Waals surface area contributed by atoms with E-state index in [4.69, 9.17) is 0 Å². The van der Waals surface area contributed by atoms with Gasteiger partial charge in [-0.15, -0.1) is 0 Å². The van der Waals surface area contributed by atoms with Gasteiger partial charge in [0.05, 0.1) is 10.4 Å². The highest BCUT2D eigenvalue weighted by molar-refractivity contribution is 8.00.